The van der Waals surface area contributed by atoms with Crippen molar-refractivity contribution in [3.05, 3.63) is 23.8 Å². The van der Waals surface area contributed by atoms with Gasteiger partial charge in [0.15, 0.2) is 0 Å². The number of hydrogen-bond acceptors (Lipinski definition) is 5. The van der Waals surface area contributed by atoms with E-state index >= 15 is 0 Å². The largest absolute Gasteiger partial charge is 0.487 e. The molecule has 9 nitrogen and oxygen atoms in total. The minimum Gasteiger partial charge on any atom is -0.487 e. The molecule has 0 aromatic heterocycles. The summed E-state index contributed by atoms with van der Waals surface area (Å²) in [6, 6.07) is 4.56. The summed E-state index contributed by atoms with van der Waals surface area (Å²) >= 11 is 0. The average molecular weight is 503 g/mol. The summed E-state index contributed by atoms with van der Waals surface area (Å²) in [6.07, 6.45) is 4.69. The monoisotopic (exact) mass is 502 g/mol. The van der Waals surface area contributed by atoms with Gasteiger partial charge in [0.2, 0.25) is 5.91 Å². The molecule has 1 aliphatic carbocycles. The van der Waals surface area contributed by atoms with E-state index in [-0.39, 0.29) is 48.4 Å². The zero-order valence-electron chi connectivity index (χ0n) is 22.3. The van der Waals surface area contributed by atoms with E-state index in [9.17, 15) is 19.5 Å². The van der Waals surface area contributed by atoms with Crippen molar-refractivity contribution in [1.82, 2.24) is 15.1 Å². The Morgan fingerprint density at radius 3 is 2.53 bits per heavy atom. The number of aliphatic hydroxyl groups is 1. The molecule has 3 rings (SSSR count). The van der Waals surface area contributed by atoms with E-state index in [1.807, 2.05) is 20.8 Å². The number of hydrogen-bond donors (Lipinski definition) is 3. The summed E-state index contributed by atoms with van der Waals surface area (Å²) < 4.78 is 6.34. The Balaban J connectivity index is 1.87. The summed E-state index contributed by atoms with van der Waals surface area (Å²) in [5.41, 5.74) is 0.888. The fourth-order valence-corrected chi connectivity index (χ4v) is 4.84. The second-order valence-electron chi connectivity index (χ2n) is 10.6. The number of amides is 4. The Morgan fingerprint density at radius 1 is 1.19 bits per heavy atom. The van der Waals surface area contributed by atoms with E-state index < -0.39 is 6.04 Å². The zero-order valence-corrected chi connectivity index (χ0v) is 22.3. The topological polar surface area (TPSA) is 111 Å². The minimum absolute atomic E-state index is 0.00336. The molecule has 3 N–H and O–H groups in total. The molecule has 1 aliphatic heterocycles. The first-order valence-corrected chi connectivity index (χ1v) is 13.2. The number of benzene rings is 1. The van der Waals surface area contributed by atoms with E-state index in [2.05, 4.69) is 10.6 Å². The predicted octanol–water partition coefficient (Wildman–Crippen LogP) is 3.48. The van der Waals surface area contributed by atoms with Crippen molar-refractivity contribution in [2.24, 2.45) is 11.8 Å². The van der Waals surface area contributed by atoms with Crippen molar-refractivity contribution < 1.29 is 24.2 Å². The lowest BCUT2D eigenvalue weighted by atomic mass is 9.88. The van der Waals surface area contributed by atoms with Gasteiger partial charge in [0.25, 0.3) is 5.91 Å². The zero-order chi connectivity index (χ0) is 26.4. The van der Waals surface area contributed by atoms with Gasteiger partial charge >= 0.3 is 6.03 Å². The van der Waals surface area contributed by atoms with Gasteiger partial charge in [-0.15, -0.1) is 0 Å². The van der Waals surface area contributed by atoms with Crippen LogP contribution in [0.3, 0.4) is 0 Å². The molecule has 1 fully saturated rings. The Hall–Kier alpha value is -2.81. The molecular weight excluding hydrogens is 460 g/mol. The molecular formula is C27H42N4O5. The van der Waals surface area contributed by atoms with Crippen LogP contribution in [0, 0.1) is 11.8 Å². The van der Waals surface area contributed by atoms with E-state index in [0.29, 0.717) is 30.1 Å². The van der Waals surface area contributed by atoms with Crippen molar-refractivity contribution in [1.29, 1.82) is 0 Å². The summed E-state index contributed by atoms with van der Waals surface area (Å²) in [5, 5.41) is 15.7. The van der Waals surface area contributed by atoms with Crippen LogP contribution in [-0.4, -0.2) is 77.7 Å². The van der Waals surface area contributed by atoms with Crippen molar-refractivity contribution in [3.8, 4) is 5.75 Å². The number of urea groups is 1. The van der Waals surface area contributed by atoms with Crippen LogP contribution in [0.2, 0.25) is 0 Å². The molecule has 0 radical (unpaired) electrons. The highest BCUT2D eigenvalue weighted by atomic mass is 16.5. The molecule has 1 aromatic rings. The fraction of sp³-hybridized carbons (Fsp3) is 0.667. The lowest BCUT2D eigenvalue weighted by Crippen LogP contribution is -2.51. The first-order chi connectivity index (χ1) is 17.1. The van der Waals surface area contributed by atoms with Crippen LogP contribution in [0.15, 0.2) is 18.2 Å². The number of rotatable bonds is 7. The van der Waals surface area contributed by atoms with Crippen LogP contribution in [-0.2, 0) is 4.79 Å². The molecule has 1 aromatic carbocycles. The highest BCUT2D eigenvalue weighted by Gasteiger charge is 2.34. The van der Waals surface area contributed by atoms with Crippen molar-refractivity contribution in [2.75, 3.05) is 32.1 Å². The minimum atomic E-state index is -0.394. The van der Waals surface area contributed by atoms with E-state index in [0.717, 1.165) is 25.7 Å². The fourth-order valence-electron chi connectivity index (χ4n) is 4.84. The molecule has 36 heavy (non-hydrogen) atoms. The quantitative estimate of drug-likeness (QED) is 0.529. The van der Waals surface area contributed by atoms with Crippen LogP contribution in [0.1, 0.15) is 70.2 Å². The molecule has 0 spiro atoms. The Labute approximate surface area is 214 Å². The molecule has 1 saturated carbocycles. The number of carbonyl (C=O) groups is 3. The number of nitrogens with zero attached hydrogens (tertiary/aromatic N) is 2. The number of aliphatic hydroxyl groups excluding tert-OH is 1. The Bertz CT molecular complexity index is 931. The molecule has 3 atom stereocenters. The highest BCUT2D eigenvalue weighted by Crippen LogP contribution is 2.31. The third-order valence-corrected chi connectivity index (χ3v) is 7.12. The van der Waals surface area contributed by atoms with E-state index in [1.54, 1.807) is 42.0 Å². The predicted molar refractivity (Wildman–Crippen MR) is 139 cm³/mol. The van der Waals surface area contributed by atoms with Gasteiger partial charge in [-0.25, -0.2) is 4.79 Å². The average Bonchev–Trinajstić information content (AvgIpc) is 2.86. The maximum atomic E-state index is 13.6. The lowest BCUT2D eigenvalue weighted by Gasteiger charge is -2.38. The molecule has 4 amide bonds. The number of carbonyl (C=O) groups excluding carboxylic acids is 3. The third-order valence-electron chi connectivity index (χ3n) is 7.12. The number of fused-ring (bicyclic) bond motifs is 1. The molecule has 0 bridgehead atoms. The molecule has 1 heterocycles. The van der Waals surface area contributed by atoms with Crippen molar-refractivity contribution in [2.45, 2.75) is 78.0 Å². The number of likely N-dealkylation sites (N-methyl/N-ethyl adjacent to an activating group) is 1. The molecule has 2 aliphatic rings. The van der Waals surface area contributed by atoms with Crippen LogP contribution in [0.5, 0.6) is 5.75 Å². The third kappa shape index (κ3) is 6.90. The first-order valence-electron chi connectivity index (χ1n) is 13.2. The molecule has 0 unspecified atom stereocenters. The van der Waals surface area contributed by atoms with Crippen LogP contribution >= 0.6 is 0 Å². The standard InChI is InChI=1S/C27H42N4O5/c1-17(2)28-27(35)30(5)15-24-18(3)14-31(19(4)16-32)26(34)22-13-21(11-12-23(22)36-24)29-25(33)20-9-7-6-8-10-20/h11-13,17-20,24,32H,6-10,14-16H2,1-5H3,(H,28,35)(H,29,33)/t18-,19-,24+/m1/s1. The van der Waals surface area contributed by atoms with Gasteiger partial charge in [-0.2, -0.15) is 0 Å². The van der Waals surface area contributed by atoms with Gasteiger partial charge < -0.3 is 30.3 Å². The van der Waals surface area contributed by atoms with Crippen LogP contribution in [0.4, 0.5) is 10.5 Å². The normalized spacial score (nSPS) is 21.6. The summed E-state index contributed by atoms with van der Waals surface area (Å²) in [5.74, 6) is 0.0303. The molecule has 9 heteroatoms. The Morgan fingerprint density at radius 2 is 1.89 bits per heavy atom. The second-order valence-corrected chi connectivity index (χ2v) is 10.6. The van der Waals surface area contributed by atoms with Gasteiger partial charge in [0.1, 0.15) is 11.9 Å². The van der Waals surface area contributed by atoms with Gasteiger partial charge in [0, 0.05) is 37.2 Å². The summed E-state index contributed by atoms with van der Waals surface area (Å²) in [7, 11) is 1.72. The number of nitrogens with one attached hydrogen (secondary N) is 2. The maximum Gasteiger partial charge on any atom is 0.317 e. The first kappa shape index (κ1) is 27.8. The summed E-state index contributed by atoms with van der Waals surface area (Å²) in [6.45, 7) is 8.11. The van der Waals surface area contributed by atoms with E-state index in [4.69, 9.17) is 4.74 Å². The smallest absolute Gasteiger partial charge is 0.317 e. The van der Waals surface area contributed by atoms with Crippen molar-refractivity contribution in [3.63, 3.8) is 0 Å². The lowest BCUT2D eigenvalue weighted by molar-refractivity contribution is -0.120. The molecule has 200 valence electrons. The van der Waals surface area contributed by atoms with Gasteiger partial charge in [-0.1, -0.05) is 26.2 Å². The van der Waals surface area contributed by atoms with Gasteiger partial charge in [-0.3, -0.25) is 9.59 Å². The van der Waals surface area contributed by atoms with Gasteiger partial charge in [-0.05, 0) is 51.8 Å². The van der Waals surface area contributed by atoms with Crippen molar-refractivity contribution >= 4 is 23.5 Å². The molecule has 0 saturated heterocycles. The second kappa shape index (κ2) is 12.4. The Kier molecular flexibility index (Phi) is 9.59. The van der Waals surface area contributed by atoms with E-state index in [1.165, 1.54) is 6.42 Å². The van der Waals surface area contributed by atoms with Crippen LogP contribution < -0.4 is 15.4 Å². The number of anilines is 1. The number of ether oxygens (including phenoxy) is 1. The van der Waals surface area contributed by atoms with Crippen LogP contribution in [0.25, 0.3) is 0 Å². The van der Waals surface area contributed by atoms with Gasteiger partial charge in [0.05, 0.1) is 24.8 Å². The highest BCUT2D eigenvalue weighted by molar-refractivity contribution is 6.00. The SMILES string of the molecule is CC(C)NC(=O)N(C)C[C@@H]1Oc2ccc(NC(=O)C3CCCCC3)cc2C(=O)N([C@H](C)CO)C[C@H]1C. The summed E-state index contributed by atoms with van der Waals surface area (Å²) in [4.78, 5) is 42.1. The maximum absolute atomic E-state index is 13.6.